The Morgan fingerprint density at radius 2 is 1.89 bits per heavy atom. The van der Waals surface area contributed by atoms with E-state index in [-0.39, 0.29) is 19.0 Å². The van der Waals surface area contributed by atoms with Gasteiger partial charge in [0.15, 0.2) is 11.5 Å². The largest absolute Gasteiger partial charge is 0.522 e. The smallest absolute Gasteiger partial charge is 0.493 e. The van der Waals surface area contributed by atoms with Crippen LogP contribution in [0.2, 0.25) is 0 Å². The fourth-order valence-electron chi connectivity index (χ4n) is 1.24. The summed E-state index contributed by atoms with van der Waals surface area (Å²) >= 11 is 0. The summed E-state index contributed by atoms with van der Waals surface area (Å²) in [5.41, 5.74) is 0.572. The van der Waals surface area contributed by atoms with E-state index in [2.05, 4.69) is 4.74 Å². The Kier molecular flexibility index (Phi) is 5.24. The fraction of sp³-hybridized carbons (Fsp3) is 0.455. The van der Waals surface area contributed by atoms with Gasteiger partial charge in [-0.05, 0) is 17.7 Å². The van der Waals surface area contributed by atoms with E-state index < -0.39 is 13.0 Å². The highest BCUT2D eigenvalue weighted by Gasteiger charge is 2.28. The molecule has 0 aromatic heterocycles. The molecule has 7 heteroatoms. The number of aliphatic hydroxyl groups is 1. The molecule has 1 N–H and O–H groups in total. The summed E-state index contributed by atoms with van der Waals surface area (Å²) in [6.07, 6.45) is -4.67. The molecule has 18 heavy (non-hydrogen) atoms. The van der Waals surface area contributed by atoms with Gasteiger partial charge in [-0.2, -0.15) is 0 Å². The van der Waals surface area contributed by atoms with Crippen LogP contribution in [-0.2, 0) is 11.3 Å². The van der Waals surface area contributed by atoms with Crippen LogP contribution in [0.1, 0.15) is 5.56 Å². The molecule has 0 aliphatic carbocycles. The van der Waals surface area contributed by atoms with Crippen LogP contribution in [0, 0.1) is 0 Å². The number of hydrogen-bond donors (Lipinski definition) is 1. The quantitative estimate of drug-likeness (QED) is 0.801. The first kappa shape index (κ1) is 14.6. The minimum atomic E-state index is -4.67. The molecule has 0 spiro atoms. The van der Waals surface area contributed by atoms with Crippen LogP contribution in [-0.4, -0.2) is 31.8 Å². The molecule has 1 rings (SSSR count). The summed E-state index contributed by atoms with van der Waals surface area (Å²) in [4.78, 5) is 0. The average Bonchev–Trinajstić information content (AvgIpc) is 2.33. The van der Waals surface area contributed by atoms with Crippen LogP contribution in [0.15, 0.2) is 18.2 Å². The fourth-order valence-corrected chi connectivity index (χ4v) is 1.24. The van der Waals surface area contributed by atoms with Crippen molar-refractivity contribution in [3.8, 4) is 11.5 Å². The van der Waals surface area contributed by atoms with Gasteiger partial charge in [0.2, 0.25) is 0 Å². The molecule has 0 heterocycles. The maximum atomic E-state index is 11.7. The number of aliphatic hydroxyl groups excluding tert-OH is 1. The third-order valence-electron chi connectivity index (χ3n) is 2.02. The Hall–Kier alpha value is -1.47. The highest BCUT2D eigenvalue weighted by atomic mass is 19.4. The number of rotatable bonds is 6. The second-order valence-corrected chi connectivity index (χ2v) is 3.29. The monoisotopic (exact) mass is 266 g/mol. The molecular weight excluding hydrogens is 253 g/mol. The molecule has 0 fully saturated rings. The first-order valence-corrected chi connectivity index (χ1v) is 5.07. The lowest BCUT2D eigenvalue weighted by Gasteiger charge is -2.12. The molecule has 4 nitrogen and oxygen atoms in total. The van der Waals surface area contributed by atoms with Crippen LogP contribution in [0.3, 0.4) is 0 Å². The number of halogens is 3. The summed E-state index contributed by atoms with van der Waals surface area (Å²) in [5, 5.41) is 8.93. The Bertz CT molecular complexity index is 379. The molecule has 0 radical (unpaired) electrons. The summed E-state index contributed by atoms with van der Waals surface area (Å²) in [6, 6.07) is 4.68. The Morgan fingerprint density at radius 1 is 1.17 bits per heavy atom. The average molecular weight is 266 g/mol. The Morgan fingerprint density at radius 3 is 2.44 bits per heavy atom. The van der Waals surface area contributed by atoms with Gasteiger partial charge in [-0.3, -0.25) is 4.74 Å². The first-order chi connectivity index (χ1) is 8.46. The lowest BCUT2D eigenvalue weighted by molar-refractivity contribution is -0.325. The highest BCUT2D eigenvalue weighted by molar-refractivity contribution is 5.42. The predicted octanol–water partition coefficient (Wildman–Crippen LogP) is 2.10. The van der Waals surface area contributed by atoms with Crippen LogP contribution >= 0.6 is 0 Å². The summed E-state index contributed by atoms with van der Waals surface area (Å²) in [7, 11) is 1.41. The minimum absolute atomic E-state index is 0.195. The van der Waals surface area contributed by atoms with Crippen LogP contribution in [0.4, 0.5) is 13.2 Å². The van der Waals surface area contributed by atoms with Crippen molar-refractivity contribution >= 4 is 0 Å². The molecule has 102 valence electrons. The molecule has 0 amide bonds. The van der Waals surface area contributed by atoms with E-state index in [4.69, 9.17) is 14.6 Å². The maximum Gasteiger partial charge on any atom is 0.522 e. The van der Waals surface area contributed by atoms with Gasteiger partial charge >= 0.3 is 6.36 Å². The zero-order valence-corrected chi connectivity index (χ0v) is 9.66. The Balaban J connectivity index is 2.54. The van der Waals surface area contributed by atoms with E-state index in [9.17, 15) is 13.2 Å². The third-order valence-corrected chi connectivity index (χ3v) is 2.02. The van der Waals surface area contributed by atoms with E-state index in [1.165, 1.54) is 13.2 Å². The highest BCUT2D eigenvalue weighted by Crippen LogP contribution is 2.28. The molecule has 1 aromatic rings. The van der Waals surface area contributed by atoms with Crippen molar-refractivity contribution in [2.45, 2.75) is 13.0 Å². The lowest BCUT2D eigenvalue weighted by Crippen LogP contribution is -2.18. The van der Waals surface area contributed by atoms with Crippen molar-refractivity contribution < 1.29 is 32.5 Å². The van der Waals surface area contributed by atoms with Crippen molar-refractivity contribution in [1.82, 2.24) is 0 Å². The SMILES string of the molecule is COc1ccc(CO)cc1OCCOC(F)(F)F. The summed E-state index contributed by atoms with van der Waals surface area (Å²) in [5.74, 6) is 0.633. The normalized spacial score (nSPS) is 11.4. The molecule has 0 unspecified atom stereocenters. The minimum Gasteiger partial charge on any atom is -0.493 e. The van der Waals surface area contributed by atoms with E-state index in [0.717, 1.165) is 0 Å². The molecule has 0 atom stereocenters. The third kappa shape index (κ3) is 4.80. The zero-order valence-electron chi connectivity index (χ0n) is 9.66. The number of hydrogen-bond acceptors (Lipinski definition) is 4. The van der Waals surface area contributed by atoms with Gasteiger partial charge in [-0.15, -0.1) is 13.2 Å². The molecular formula is C11H13F3O4. The summed E-state index contributed by atoms with van der Waals surface area (Å²) < 4.78 is 48.8. The molecule has 1 aromatic carbocycles. The van der Waals surface area contributed by atoms with E-state index >= 15 is 0 Å². The molecule has 0 saturated carbocycles. The number of methoxy groups -OCH3 is 1. The van der Waals surface area contributed by atoms with E-state index in [1.807, 2.05) is 0 Å². The second-order valence-electron chi connectivity index (χ2n) is 3.29. The number of benzene rings is 1. The van der Waals surface area contributed by atoms with Gasteiger partial charge < -0.3 is 14.6 Å². The van der Waals surface area contributed by atoms with Crippen LogP contribution < -0.4 is 9.47 Å². The van der Waals surface area contributed by atoms with Gasteiger partial charge in [-0.25, -0.2) is 0 Å². The van der Waals surface area contributed by atoms with E-state index in [0.29, 0.717) is 11.3 Å². The van der Waals surface area contributed by atoms with E-state index in [1.54, 1.807) is 12.1 Å². The topological polar surface area (TPSA) is 47.9 Å². The molecule has 0 saturated heterocycles. The number of ether oxygens (including phenoxy) is 3. The standard InChI is InChI=1S/C11H13F3O4/c1-16-9-3-2-8(7-15)6-10(9)17-4-5-18-11(12,13)14/h2-3,6,15H,4-5,7H2,1H3. The molecule has 0 aliphatic heterocycles. The van der Waals surface area contributed by atoms with Gasteiger partial charge in [0.05, 0.1) is 20.3 Å². The molecule has 0 aliphatic rings. The van der Waals surface area contributed by atoms with Crippen LogP contribution in [0.5, 0.6) is 11.5 Å². The number of alkyl halides is 3. The van der Waals surface area contributed by atoms with Gasteiger partial charge in [0, 0.05) is 0 Å². The van der Waals surface area contributed by atoms with Gasteiger partial charge in [0.25, 0.3) is 0 Å². The summed E-state index contributed by atoms with van der Waals surface area (Å²) in [6.45, 7) is -1.08. The predicted molar refractivity (Wildman–Crippen MR) is 56.4 cm³/mol. The van der Waals surface area contributed by atoms with Crippen molar-refractivity contribution in [1.29, 1.82) is 0 Å². The van der Waals surface area contributed by atoms with Crippen molar-refractivity contribution in [3.05, 3.63) is 23.8 Å². The van der Waals surface area contributed by atoms with Crippen molar-refractivity contribution in [2.24, 2.45) is 0 Å². The first-order valence-electron chi connectivity index (χ1n) is 5.07. The maximum absolute atomic E-state index is 11.7. The van der Waals surface area contributed by atoms with Gasteiger partial charge in [-0.1, -0.05) is 6.07 Å². The lowest BCUT2D eigenvalue weighted by atomic mass is 10.2. The zero-order chi connectivity index (χ0) is 13.6. The van der Waals surface area contributed by atoms with Crippen molar-refractivity contribution in [3.63, 3.8) is 0 Å². The molecule has 0 bridgehead atoms. The van der Waals surface area contributed by atoms with Gasteiger partial charge in [0.1, 0.15) is 6.61 Å². The second kappa shape index (κ2) is 6.46. The Labute approximate surface area is 102 Å². The van der Waals surface area contributed by atoms with Crippen molar-refractivity contribution in [2.75, 3.05) is 20.3 Å². The van der Waals surface area contributed by atoms with Crippen LogP contribution in [0.25, 0.3) is 0 Å².